The van der Waals surface area contributed by atoms with Crippen molar-refractivity contribution in [1.82, 2.24) is 15.2 Å². The highest BCUT2D eigenvalue weighted by Crippen LogP contribution is 2.16. The Morgan fingerprint density at radius 3 is 2.52 bits per heavy atom. The monoisotopic (exact) mass is 339 g/mol. The predicted molar refractivity (Wildman–Crippen MR) is 110 cm³/mol. The lowest BCUT2D eigenvalue weighted by molar-refractivity contribution is 0.534. The van der Waals surface area contributed by atoms with Gasteiger partial charge in [-0.15, -0.1) is 0 Å². The van der Waals surface area contributed by atoms with Crippen molar-refractivity contribution in [3.63, 3.8) is 0 Å². The summed E-state index contributed by atoms with van der Waals surface area (Å²) in [5, 5.41) is 6.95. The van der Waals surface area contributed by atoms with Crippen LogP contribution in [0.4, 0.5) is 0 Å². The Bertz CT molecular complexity index is 648. The zero-order valence-corrected chi connectivity index (χ0v) is 16.5. The molecule has 1 N–H and O–H groups in total. The molecule has 0 saturated carbocycles. The summed E-state index contributed by atoms with van der Waals surface area (Å²) in [5.41, 5.74) is 5.08. The summed E-state index contributed by atoms with van der Waals surface area (Å²) in [6.07, 6.45) is 13.3. The molecule has 2 aromatic heterocycles. The zero-order chi connectivity index (χ0) is 18.7. The second-order valence-corrected chi connectivity index (χ2v) is 6.94. The molecule has 0 fully saturated rings. The predicted octanol–water partition coefficient (Wildman–Crippen LogP) is 6.54. The van der Waals surface area contributed by atoms with E-state index < -0.39 is 0 Å². The van der Waals surface area contributed by atoms with Crippen LogP contribution in [0.15, 0.2) is 31.1 Å². The number of aryl methyl sites for hydroxylation is 1. The summed E-state index contributed by atoms with van der Waals surface area (Å²) in [5.74, 6) is 0.904. The fourth-order valence-electron chi connectivity index (χ4n) is 2.33. The number of hydrogen-bond donors (Lipinski definition) is 1. The van der Waals surface area contributed by atoms with Crippen LogP contribution in [0.25, 0.3) is 17.7 Å². The van der Waals surface area contributed by atoms with E-state index in [1.54, 1.807) is 6.20 Å². The van der Waals surface area contributed by atoms with Gasteiger partial charge >= 0.3 is 0 Å². The molecule has 136 valence electrons. The molecule has 0 aliphatic heterocycles. The number of aromatic nitrogens is 3. The maximum absolute atomic E-state index is 4.24. The van der Waals surface area contributed by atoms with E-state index in [0.717, 1.165) is 34.0 Å². The second-order valence-electron chi connectivity index (χ2n) is 6.94. The third-order valence-electron chi connectivity index (χ3n) is 3.87. The fourth-order valence-corrected chi connectivity index (χ4v) is 2.33. The molecule has 0 atom stereocenters. The van der Waals surface area contributed by atoms with Gasteiger partial charge in [0.15, 0.2) is 0 Å². The number of H-pyrrole nitrogens is 1. The Balaban J connectivity index is 0.000000333. The second kappa shape index (κ2) is 11.4. The SMILES string of the molecule is C=C(C)c1[nH]ncc1/C=C/c1ccc(C)nc1.CCCCCC(C)C. The summed E-state index contributed by atoms with van der Waals surface area (Å²) in [6, 6.07) is 4.04. The maximum atomic E-state index is 4.24. The van der Waals surface area contributed by atoms with E-state index in [2.05, 4.69) is 42.5 Å². The minimum absolute atomic E-state index is 0.904. The van der Waals surface area contributed by atoms with Gasteiger partial charge in [0.25, 0.3) is 0 Å². The van der Waals surface area contributed by atoms with E-state index in [9.17, 15) is 0 Å². The van der Waals surface area contributed by atoms with Gasteiger partial charge in [-0.3, -0.25) is 10.1 Å². The van der Waals surface area contributed by atoms with Crippen LogP contribution in [0.5, 0.6) is 0 Å². The first kappa shape index (κ1) is 20.9. The van der Waals surface area contributed by atoms with Crippen molar-refractivity contribution in [3.8, 4) is 0 Å². The number of nitrogens with one attached hydrogen (secondary N) is 1. The summed E-state index contributed by atoms with van der Waals surface area (Å²) >= 11 is 0. The van der Waals surface area contributed by atoms with E-state index in [0.29, 0.717) is 0 Å². The molecule has 3 nitrogen and oxygen atoms in total. The van der Waals surface area contributed by atoms with Crippen molar-refractivity contribution in [2.45, 2.75) is 60.3 Å². The molecule has 25 heavy (non-hydrogen) atoms. The van der Waals surface area contributed by atoms with Gasteiger partial charge in [0.2, 0.25) is 0 Å². The maximum Gasteiger partial charge on any atom is 0.0673 e. The van der Waals surface area contributed by atoms with Gasteiger partial charge in [-0.25, -0.2) is 0 Å². The lowest BCUT2D eigenvalue weighted by Gasteiger charge is -2.00. The van der Waals surface area contributed by atoms with E-state index in [1.807, 2.05) is 44.3 Å². The van der Waals surface area contributed by atoms with Gasteiger partial charge in [0, 0.05) is 17.5 Å². The molecule has 0 saturated heterocycles. The molecular formula is C22H33N3. The average Bonchev–Trinajstić information content (AvgIpc) is 3.04. The molecule has 0 spiro atoms. The van der Waals surface area contributed by atoms with Crippen LogP contribution in [-0.4, -0.2) is 15.2 Å². The fraction of sp³-hybridized carbons (Fsp3) is 0.455. The molecule has 0 aromatic carbocycles. The van der Waals surface area contributed by atoms with Crippen LogP contribution in [0.3, 0.4) is 0 Å². The summed E-state index contributed by atoms with van der Waals surface area (Å²) in [4.78, 5) is 4.24. The van der Waals surface area contributed by atoms with Crippen LogP contribution in [0, 0.1) is 12.8 Å². The summed E-state index contributed by atoms with van der Waals surface area (Å²) < 4.78 is 0. The van der Waals surface area contributed by atoms with Crippen LogP contribution in [0.1, 0.15) is 75.9 Å². The number of rotatable bonds is 7. The average molecular weight is 340 g/mol. The largest absolute Gasteiger partial charge is 0.278 e. The molecule has 0 aliphatic carbocycles. The Morgan fingerprint density at radius 1 is 1.20 bits per heavy atom. The summed E-state index contributed by atoms with van der Waals surface area (Å²) in [6.45, 7) is 14.7. The van der Waals surface area contributed by atoms with Gasteiger partial charge in [0.05, 0.1) is 11.9 Å². The topological polar surface area (TPSA) is 41.6 Å². The van der Waals surface area contributed by atoms with E-state index in [4.69, 9.17) is 0 Å². The van der Waals surface area contributed by atoms with Crippen LogP contribution in [0.2, 0.25) is 0 Å². The van der Waals surface area contributed by atoms with Crippen molar-refractivity contribution in [2.75, 3.05) is 0 Å². The number of allylic oxidation sites excluding steroid dienone is 1. The zero-order valence-electron chi connectivity index (χ0n) is 16.5. The smallest absolute Gasteiger partial charge is 0.0673 e. The third kappa shape index (κ3) is 8.48. The Hall–Kier alpha value is -2.16. The molecule has 2 heterocycles. The molecule has 0 unspecified atom stereocenters. The molecule has 3 heteroatoms. The van der Waals surface area contributed by atoms with Crippen molar-refractivity contribution >= 4 is 17.7 Å². The molecule has 2 rings (SSSR count). The lowest BCUT2D eigenvalue weighted by Crippen LogP contribution is -1.85. The number of aromatic amines is 1. The number of nitrogens with zero attached hydrogens (tertiary/aromatic N) is 2. The first-order chi connectivity index (χ1) is 11.9. The van der Waals surface area contributed by atoms with Gasteiger partial charge in [-0.2, -0.15) is 5.10 Å². The van der Waals surface area contributed by atoms with Crippen LogP contribution in [-0.2, 0) is 0 Å². The Morgan fingerprint density at radius 2 is 1.96 bits per heavy atom. The quantitative estimate of drug-likeness (QED) is 0.582. The Labute approximate surface area is 153 Å². The van der Waals surface area contributed by atoms with Crippen molar-refractivity contribution < 1.29 is 0 Å². The Kier molecular flexibility index (Phi) is 9.53. The van der Waals surface area contributed by atoms with Gasteiger partial charge < -0.3 is 0 Å². The molecule has 0 aliphatic rings. The minimum atomic E-state index is 0.904. The van der Waals surface area contributed by atoms with E-state index in [-0.39, 0.29) is 0 Å². The number of pyridine rings is 1. The number of hydrogen-bond acceptors (Lipinski definition) is 2. The van der Waals surface area contributed by atoms with Crippen LogP contribution < -0.4 is 0 Å². The minimum Gasteiger partial charge on any atom is -0.278 e. The highest BCUT2D eigenvalue weighted by Gasteiger charge is 2.01. The first-order valence-electron chi connectivity index (χ1n) is 9.24. The van der Waals surface area contributed by atoms with Crippen molar-refractivity contribution in [1.29, 1.82) is 0 Å². The first-order valence-corrected chi connectivity index (χ1v) is 9.24. The van der Waals surface area contributed by atoms with Gasteiger partial charge in [-0.1, -0.05) is 71.3 Å². The summed E-state index contributed by atoms with van der Waals surface area (Å²) in [7, 11) is 0. The van der Waals surface area contributed by atoms with E-state index >= 15 is 0 Å². The van der Waals surface area contributed by atoms with Crippen molar-refractivity contribution in [2.24, 2.45) is 5.92 Å². The van der Waals surface area contributed by atoms with Crippen LogP contribution >= 0.6 is 0 Å². The molecule has 0 amide bonds. The lowest BCUT2D eigenvalue weighted by atomic mass is 10.1. The van der Waals surface area contributed by atoms with Crippen molar-refractivity contribution in [3.05, 3.63) is 53.6 Å². The normalized spacial score (nSPS) is 10.8. The molecule has 0 radical (unpaired) electrons. The standard InChI is InChI=1S/C14H15N3.C8H18/c1-10(2)14-13(9-16-17-14)7-6-12-5-4-11(3)15-8-12;1-4-5-6-7-8(2)3/h4-9H,1H2,2-3H3,(H,16,17);8H,4-7H2,1-3H3/b7-6+;. The van der Waals surface area contributed by atoms with Gasteiger partial charge in [-0.05, 0) is 37.0 Å². The van der Waals surface area contributed by atoms with E-state index in [1.165, 1.54) is 25.7 Å². The molecule has 0 bridgehead atoms. The number of unbranched alkanes of at least 4 members (excludes halogenated alkanes) is 2. The molecular weight excluding hydrogens is 306 g/mol. The molecule has 2 aromatic rings. The highest BCUT2D eigenvalue weighted by atomic mass is 15.1. The van der Waals surface area contributed by atoms with Gasteiger partial charge in [0.1, 0.15) is 0 Å². The third-order valence-corrected chi connectivity index (χ3v) is 3.87. The highest BCUT2D eigenvalue weighted by molar-refractivity contribution is 5.76.